The summed E-state index contributed by atoms with van der Waals surface area (Å²) in [5, 5.41) is 0.756. The van der Waals surface area contributed by atoms with Crippen molar-refractivity contribution in [3.05, 3.63) is 28.3 Å². The van der Waals surface area contributed by atoms with E-state index in [1.807, 2.05) is 19.1 Å². The average Bonchev–Trinajstić information content (AvgIpc) is 2.28. The summed E-state index contributed by atoms with van der Waals surface area (Å²) in [4.78, 5) is 0.517. The molecule has 1 rings (SSSR count). The van der Waals surface area contributed by atoms with Crippen molar-refractivity contribution < 1.29 is 4.74 Å². The fourth-order valence-corrected chi connectivity index (χ4v) is 1.78. The maximum Gasteiger partial charge on any atom is 0.122 e. The van der Waals surface area contributed by atoms with Crippen LogP contribution in [0.25, 0.3) is 0 Å². The van der Waals surface area contributed by atoms with Crippen LogP contribution in [0.4, 0.5) is 0 Å². The molecule has 0 radical (unpaired) electrons. The lowest BCUT2D eigenvalue weighted by molar-refractivity contribution is 0.314. The van der Waals surface area contributed by atoms with Crippen molar-refractivity contribution in [2.45, 2.75) is 33.1 Å². The van der Waals surface area contributed by atoms with Crippen LogP contribution < -0.4 is 10.5 Å². The van der Waals surface area contributed by atoms with Crippen LogP contribution in [0.3, 0.4) is 0 Å². The number of hydrogen-bond acceptors (Lipinski definition) is 2. The largest absolute Gasteiger partial charge is 0.493 e. The molecular weight excluding hydrogens is 254 g/mol. The summed E-state index contributed by atoms with van der Waals surface area (Å²) in [6, 6.07) is 3.92. The molecule has 0 bridgehead atoms. The van der Waals surface area contributed by atoms with Crippen LogP contribution in [-0.2, 0) is 6.42 Å². The van der Waals surface area contributed by atoms with E-state index >= 15 is 0 Å². The van der Waals surface area contributed by atoms with E-state index in [-0.39, 0.29) is 0 Å². The van der Waals surface area contributed by atoms with Crippen molar-refractivity contribution in [1.29, 1.82) is 0 Å². The molecule has 1 aromatic rings. The van der Waals surface area contributed by atoms with Gasteiger partial charge in [0.05, 0.1) is 11.6 Å². The Balaban J connectivity index is 2.90. The van der Waals surface area contributed by atoms with Crippen molar-refractivity contribution in [3.63, 3.8) is 0 Å². The molecule has 2 N–H and O–H groups in total. The van der Waals surface area contributed by atoms with Gasteiger partial charge in [0.2, 0.25) is 0 Å². The fourth-order valence-electron chi connectivity index (χ4n) is 1.50. The molecule has 4 heteroatoms. The number of halogens is 1. The molecule has 0 heterocycles. The Kier molecular flexibility index (Phi) is 5.72. The minimum Gasteiger partial charge on any atom is -0.493 e. The third-order valence-electron chi connectivity index (χ3n) is 2.44. The normalized spacial score (nSPS) is 10.3. The first kappa shape index (κ1) is 14.3. The van der Waals surface area contributed by atoms with Gasteiger partial charge < -0.3 is 10.5 Å². The second kappa shape index (κ2) is 6.82. The van der Waals surface area contributed by atoms with Crippen LogP contribution in [0.1, 0.15) is 30.9 Å². The molecule has 17 heavy (non-hydrogen) atoms. The lowest BCUT2D eigenvalue weighted by atomic mass is 10.1. The first-order chi connectivity index (χ1) is 8.04. The zero-order valence-electron chi connectivity index (χ0n) is 10.3. The van der Waals surface area contributed by atoms with E-state index in [1.54, 1.807) is 0 Å². The molecule has 94 valence electrons. The predicted octanol–water partition coefficient (Wildman–Crippen LogP) is 3.66. The highest BCUT2D eigenvalue weighted by molar-refractivity contribution is 7.80. The van der Waals surface area contributed by atoms with Crippen LogP contribution in [0.5, 0.6) is 5.75 Å². The van der Waals surface area contributed by atoms with Crippen molar-refractivity contribution >= 4 is 28.8 Å². The van der Waals surface area contributed by atoms with E-state index in [0.717, 1.165) is 34.7 Å². The van der Waals surface area contributed by atoms with Gasteiger partial charge in [0.1, 0.15) is 5.75 Å². The molecule has 0 aliphatic rings. The van der Waals surface area contributed by atoms with Gasteiger partial charge in [-0.05, 0) is 43.0 Å². The van der Waals surface area contributed by atoms with Gasteiger partial charge in [-0.25, -0.2) is 0 Å². The van der Waals surface area contributed by atoms with Gasteiger partial charge in [0.15, 0.2) is 0 Å². The highest BCUT2D eigenvalue weighted by Gasteiger charge is 2.08. The van der Waals surface area contributed by atoms with Gasteiger partial charge in [0, 0.05) is 11.4 Å². The van der Waals surface area contributed by atoms with Gasteiger partial charge in [-0.3, -0.25) is 0 Å². The molecule has 0 fully saturated rings. The Morgan fingerprint density at radius 1 is 1.47 bits per heavy atom. The van der Waals surface area contributed by atoms with Gasteiger partial charge in [-0.2, -0.15) is 0 Å². The topological polar surface area (TPSA) is 35.2 Å². The van der Waals surface area contributed by atoms with Crippen molar-refractivity contribution in [1.82, 2.24) is 0 Å². The smallest absolute Gasteiger partial charge is 0.122 e. The van der Waals surface area contributed by atoms with Crippen LogP contribution >= 0.6 is 23.8 Å². The Morgan fingerprint density at radius 2 is 2.18 bits per heavy atom. The SMILES string of the molecule is CCCOc1cc(C)c(Cl)cc1CCC(N)=S. The number of hydrogen-bond donors (Lipinski definition) is 1. The fraction of sp³-hybridized carbons (Fsp3) is 0.462. The lowest BCUT2D eigenvalue weighted by Crippen LogP contribution is -2.09. The molecule has 0 spiro atoms. The predicted molar refractivity (Wildman–Crippen MR) is 77.1 cm³/mol. The maximum atomic E-state index is 6.12. The minimum absolute atomic E-state index is 0.517. The molecule has 0 unspecified atom stereocenters. The van der Waals surface area contributed by atoms with Crippen molar-refractivity contribution in [3.8, 4) is 5.75 Å². The third kappa shape index (κ3) is 4.52. The first-order valence-electron chi connectivity index (χ1n) is 5.74. The Bertz CT molecular complexity index is 407. The zero-order chi connectivity index (χ0) is 12.8. The number of benzene rings is 1. The second-order valence-corrected chi connectivity index (χ2v) is 4.96. The van der Waals surface area contributed by atoms with Crippen LogP contribution in [0, 0.1) is 6.92 Å². The lowest BCUT2D eigenvalue weighted by Gasteiger charge is -2.13. The molecule has 1 aromatic carbocycles. The summed E-state index contributed by atoms with van der Waals surface area (Å²) >= 11 is 11.0. The van der Waals surface area contributed by atoms with Gasteiger partial charge in [-0.1, -0.05) is 30.7 Å². The van der Waals surface area contributed by atoms with Crippen molar-refractivity contribution in [2.24, 2.45) is 5.73 Å². The van der Waals surface area contributed by atoms with Gasteiger partial charge in [-0.15, -0.1) is 0 Å². The highest BCUT2D eigenvalue weighted by Crippen LogP contribution is 2.28. The summed E-state index contributed by atoms with van der Waals surface area (Å²) in [6.45, 7) is 4.76. The zero-order valence-corrected chi connectivity index (χ0v) is 11.8. The molecule has 0 saturated carbocycles. The quantitative estimate of drug-likeness (QED) is 0.802. The Morgan fingerprint density at radius 3 is 2.76 bits per heavy atom. The standard InChI is InChI=1S/C13H18ClNOS/c1-3-6-16-12-7-9(2)11(14)8-10(12)4-5-13(15)17/h7-8H,3-6H2,1-2H3,(H2,15,17). The van der Waals surface area contributed by atoms with E-state index in [1.165, 1.54) is 0 Å². The summed E-state index contributed by atoms with van der Waals surface area (Å²) in [5.74, 6) is 0.894. The molecular formula is C13H18ClNOS. The number of aryl methyl sites for hydroxylation is 2. The first-order valence-corrected chi connectivity index (χ1v) is 6.53. The Hall–Kier alpha value is -0.800. The van der Waals surface area contributed by atoms with E-state index in [9.17, 15) is 0 Å². The van der Waals surface area contributed by atoms with E-state index in [2.05, 4.69) is 6.92 Å². The average molecular weight is 272 g/mol. The summed E-state index contributed by atoms with van der Waals surface area (Å²) in [6.07, 6.45) is 2.43. The van der Waals surface area contributed by atoms with Gasteiger partial charge in [0.25, 0.3) is 0 Å². The number of nitrogens with two attached hydrogens (primary N) is 1. The summed E-state index contributed by atoms with van der Waals surface area (Å²) in [7, 11) is 0. The van der Waals surface area contributed by atoms with Crippen LogP contribution in [0.15, 0.2) is 12.1 Å². The molecule has 0 atom stereocenters. The van der Waals surface area contributed by atoms with E-state index in [4.69, 9.17) is 34.3 Å². The summed E-state index contributed by atoms with van der Waals surface area (Å²) < 4.78 is 5.71. The molecule has 0 aromatic heterocycles. The minimum atomic E-state index is 0.517. The second-order valence-electron chi connectivity index (χ2n) is 4.02. The highest BCUT2D eigenvalue weighted by atomic mass is 35.5. The third-order valence-corrected chi connectivity index (χ3v) is 3.06. The van der Waals surface area contributed by atoms with Crippen molar-refractivity contribution in [2.75, 3.05) is 6.61 Å². The van der Waals surface area contributed by atoms with E-state index < -0.39 is 0 Å². The van der Waals surface area contributed by atoms with E-state index in [0.29, 0.717) is 18.0 Å². The molecule has 0 saturated heterocycles. The molecule has 0 amide bonds. The monoisotopic (exact) mass is 271 g/mol. The number of ether oxygens (including phenoxy) is 1. The molecule has 0 aliphatic carbocycles. The van der Waals surface area contributed by atoms with Crippen LogP contribution in [0.2, 0.25) is 5.02 Å². The van der Waals surface area contributed by atoms with Crippen LogP contribution in [-0.4, -0.2) is 11.6 Å². The maximum absolute atomic E-state index is 6.12. The Labute approximate surface area is 113 Å². The summed E-state index contributed by atoms with van der Waals surface area (Å²) in [5.41, 5.74) is 7.61. The molecule has 2 nitrogen and oxygen atoms in total. The molecule has 0 aliphatic heterocycles. The number of rotatable bonds is 6. The van der Waals surface area contributed by atoms with Gasteiger partial charge >= 0.3 is 0 Å². The number of thiocarbonyl (C=S) groups is 1.